The lowest BCUT2D eigenvalue weighted by Crippen LogP contribution is -2.25. The molecule has 3 aromatic heterocycles. The van der Waals surface area contributed by atoms with E-state index in [1.54, 1.807) is 0 Å². The molecule has 4 heterocycles. The van der Waals surface area contributed by atoms with Crippen LogP contribution in [0.5, 0.6) is 0 Å². The maximum absolute atomic E-state index is 13.2. The number of dihydropyridines is 1. The maximum Gasteiger partial charge on any atom is 0.174 e. The predicted octanol–water partition coefficient (Wildman–Crippen LogP) is 5.09. The summed E-state index contributed by atoms with van der Waals surface area (Å²) in [5.41, 5.74) is 4.80. The second-order valence-corrected chi connectivity index (χ2v) is 8.34. The smallest absolute Gasteiger partial charge is 0.174 e. The van der Waals surface area contributed by atoms with Gasteiger partial charge in [-0.25, -0.2) is 19.3 Å². The van der Waals surface area contributed by atoms with Gasteiger partial charge in [0.05, 0.1) is 5.52 Å². The van der Waals surface area contributed by atoms with Gasteiger partial charge in [0.25, 0.3) is 0 Å². The summed E-state index contributed by atoms with van der Waals surface area (Å²) in [4.78, 5) is 21.8. The molecule has 3 aromatic rings. The molecule has 2 aliphatic rings. The Labute approximate surface area is 205 Å². The topological polar surface area (TPSA) is 108 Å². The molecule has 3 atom stereocenters. The summed E-state index contributed by atoms with van der Waals surface area (Å²) < 4.78 is 13.2. The summed E-state index contributed by atoms with van der Waals surface area (Å²) in [7, 11) is 0. The highest BCUT2D eigenvalue weighted by atomic mass is 19.1. The number of rotatable bonds is 7. The third-order valence-electron chi connectivity index (χ3n) is 5.93. The van der Waals surface area contributed by atoms with Gasteiger partial charge in [-0.15, -0.1) is 0 Å². The number of H-pyrrole nitrogens is 1. The number of aromatic nitrogens is 5. The first kappa shape index (κ1) is 26.0. The number of hydrogen-bond acceptors (Lipinski definition) is 7. The van der Waals surface area contributed by atoms with Gasteiger partial charge in [-0.05, 0) is 31.4 Å². The van der Waals surface area contributed by atoms with Crippen molar-refractivity contribution in [2.45, 2.75) is 59.2 Å². The van der Waals surface area contributed by atoms with Crippen molar-refractivity contribution >= 4 is 29.1 Å². The zero-order valence-electron chi connectivity index (χ0n) is 20.8. The molecule has 3 unspecified atom stereocenters. The molecule has 0 radical (unpaired) electrons. The highest BCUT2D eigenvalue weighted by Gasteiger charge is 2.36. The Morgan fingerprint density at radius 2 is 2.00 bits per heavy atom. The van der Waals surface area contributed by atoms with Crippen molar-refractivity contribution in [1.82, 2.24) is 30.5 Å². The van der Waals surface area contributed by atoms with Crippen LogP contribution in [0.1, 0.15) is 52.5 Å². The molecule has 9 heteroatoms. The number of fused-ring (bicyclic) bond motifs is 1. The molecule has 0 spiro atoms. The first-order valence-corrected chi connectivity index (χ1v) is 12.1. The summed E-state index contributed by atoms with van der Waals surface area (Å²) >= 11 is 0. The van der Waals surface area contributed by atoms with Gasteiger partial charge in [0.15, 0.2) is 5.82 Å². The van der Waals surface area contributed by atoms with Crippen molar-refractivity contribution in [2.75, 3.05) is 11.9 Å². The van der Waals surface area contributed by atoms with E-state index < -0.39 is 6.17 Å². The molecule has 1 aliphatic heterocycles. The van der Waals surface area contributed by atoms with Crippen LogP contribution in [0.3, 0.4) is 0 Å². The average Bonchev–Trinajstić information content (AvgIpc) is 3.34. The Morgan fingerprint density at radius 3 is 2.63 bits per heavy atom. The van der Waals surface area contributed by atoms with Crippen LogP contribution < -0.4 is 10.6 Å². The van der Waals surface area contributed by atoms with E-state index in [1.165, 1.54) is 11.9 Å². The minimum atomic E-state index is -0.683. The number of carbonyl (C=O) groups is 1. The van der Waals surface area contributed by atoms with Crippen molar-refractivity contribution in [3.8, 4) is 11.5 Å². The van der Waals surface area contributed by atoms with Crippen LogP contribution in [-0.4, -0.2) is 50.7 Å². The molecule has 186 valence electrons. The Hall–Kier alpha value is -3.62. The van der Waals surface area contributed by atoms with E-state index in [2.05, 4.69) is 63.0 Å². The fourth-order valence-electron chi connectivity index (χ4n) is 4.04. The third-order valence-corrected chi connectivity index (χ3v) is 5.93. The maximum atomic E-state index is 13.2. The van der Waals surface area contributed by atoms with Crippen molar-refractivity contribution in [1.29, 1.82) is 0 Å². The van der Waals surface area contributed by atoms with E-state index in [9.17, 15) is 4.39 Å². The summed E-state index contributed by atoms with van der Waals surface area (Å²) in [6, 6.07) is 4.35. The Bertz CT molecular complexity index is 1180. The molecule has 1 fully saturated rings. The normalized spacial score (nSPS) is 20.3. The molecular weight excluding hydrogens is 445 g/mol. The minimum Gasteiger partial charge on any atom is -0.384 e. The lowest BCUT2D eigenvalue weighted by atomic mass is 9.92. The van der Waals surface area contributed by atoms with Gasteiger partial charge in [0.2, 0.25) is 0 Å². The third kappa shape index (κ3) is 6.09. The van der Waals surface area contributed by atoms with Crippen LogP contribution in [0.4, 0.5) is 10.2 Å². The van der Waals surface area contributed by atoms with Gasteiger partial charge in [0, 0.05) is 53.5 Å². The molecule has 0 saturated heterocycles. The molecule has 1 aliphatic carbocycles. The lowest BCUT2D eigenvalue weighted by Gasteiger charge is -2.23. The van der Waals surface area contributed by atoms with Gasteiger partial charge in [-0.1, -0.05) is 33.3 Å². The van der Waals surface area contributed by atoms with Crippen LogP contribution in [-0.2, 0) is 4.79 Å². The zero-order valence-corrected chi connectivity index (χ0v) is 20.8. The Balaban J connectivity index is 0.000000815. The van der Waals surface area contributed by atoms with E-state index in [4.69, 9.17) is 9.78 Å². The fraction of sp³-hybridized carbons (Fsp3) is 0.423. The second kappa shape index (κ2) is 12.2. The number of nitrogens with zero attached hydrogens (tertiary/aromatic N) is 4. The number of aromatic amines is 1. The van der Waals surface area contributed by atoms with Crippen molar-refractivity contribution < 1.29 is 9.18 Å². The quantitative estimate of drug-likeness (QED) is 0.433. The van der Waals surface area contributed by atoms with Crippen LogP contribution >= 0.6 is 0 Å². The van der Waals surface area contributed by atoms with Crippen molar-refractivity contribution in [3.63, 3.8) is 0 Å². The van der Waals surface area contributed by atoms with Crippen LogP contribution in [0.2, 0.25) is 0 Å². The summed E-state index contributed by atoms with van der Waals surface area (Å²) in [6.45, 7) is 10.9. The average molecular weight is 480 g/mol. The number of allylic oxidation sites excluding steroid dienone is 2. The first-order valence-electron chi connectivity index (χ1n) is 12.1. The van der Waals surface area contributed by atoms with Crippen LogP contribution in [0.25, 0.3) is 28.0 Å². The van der Waals surface area contributed by atoms with Gasteiger partial charge in [-0.3, -0.25) is 5.10 Å². The van der Waals surface area contributed by atoms with Gasteiger partial charge < -0.3 is 15.4 Å². The Kier molecular flexibility index (Phi) is 9.05. The fourth-order valence-corrected chi connectivity index (χ4v) is 4.04. The molecule has 3 N–H and O–H groups in total. The number of anilines is 1. The summed E-state index contributed by atoms with van der Waals surface area (Å²) in [5.74, 6) is 1.41. The number of nitrogens with one attached hydrogen (secondary N) is 3. The molecule has 0 aromatic carbocycles. The lowest BCUT2D eigenvalue weighted by molar-refractivity contribution is -0.0979. The van der Waals surface area contributed by atoms with Crippen molar-refractivity contribution in [3.05, 3.63) is 48.1 Å². The largest absolute Gasteiger partial charge is 0.384 e. The molecule has 5 rings (SSSR count). The standard InChI is InChI=1S/C23H26FN7.C2H6.CH2O/c1-3-4-16-5-13(2)18(11-25-16)17-6-15-10-27-21(26-9-14-7-19(14)24)8-20(15)30-22(17)23-28-12-29-31-23;2*1-2/h5-6,8,10-12,14,16,19,25H,3-4,7,9H2,1-2H3,(H,26,27)(H,28,29,31);1-2H3;1H2. The highest BCUT2D eigenvalue weighted by molar-refractivity contribution is 5.93. The molecule has 0 bridgehead atoms. The monoisotopic (exact) mass is 479 g/mol. The van der Waals surface area contributed by atoms with E-state index in [1.807, 2.05) is 32.9 Å². The van der Waals surface area contributed by atoms with Gasteiger partial charge >= 0.3 is 0 Å². The molecule has 35 heavy (non-hydrogen) atoms. The first-order chi connectivity index (χ1) is 17.1. The van der Waals surface area contributed by atoms with Gasteiger partial charge in [0.1, 0.15) is 30.8 Å². The highest BCUT2D eigenvalue weighted by Crippen LogP contribution is 2.35. The number of carbonyl (C=O) groups excluding carboxylic acids is 1. The van der Waals surface area contributed by atoms with Gasteiger partial charge in [-0.2, -0.15) is 5.10 Å². The summed E-state index contributed by atoms with van der Waals surface area (Å²) in [5, 5.41) is 14.6. The van der Waals surface area contributed by atoms with E-state index >= 15 is 0 Å². The van der Waals surface area contributed by atoms with Crippen LogP contribution in [0.15, 0.2) is 42.5 Å². The van der Waals surface area contributed by atoms with Crippen molar-refractivity contribution in [2.24, 2.45) is 5.92 Å². The SMILES string of the molecule is C=O.CC.CCCC1C=C(C)C(c2cc3cnc(NCC4CC4F)cc3nc2-c2ncn[nH]2)=CN1. The van der Waals surface area contributed by atoms with E-state index in [0.717, 1.165) is 40.6 Å². The van der Waals surface area contributed by atoms with E-state index in [-0.39, 0.29) is 5.92 Å². The number of hydrogen-bond donors (Lipinski definition) is 3. The predicted molar refractivity (Wildman–Crippen MR) is 138 cm³/mol. The molecule has 8 nitrogen and oxygen atoms in total. The van der Waals surface area contributed by atoms with E-state index in [0.29, 0.717) is 30.6 Å². The molecular formula is C26H34FN7O. The number of alkyl halides is 1. The summed E-state index contributed by atoms with van der Waals surface area (Å²) in [6.07, 6.45) is 9.81. The minimum absolute atomic E-state index is 0.0922. The zero-order chi connectivity index (χ0) is 25.4. The molecule has 0 amide bonds. The number of halogens is 1. The Morgan fingerprint density at radius 1 is 1.23 bits per heavy atom. The second-order valence-electron chi connectivity index (χ2n) is 8.34. The number of pyridine rings is 2. The molecule has 1 saturated carbocycles. The van der Waals surface area contributed by atoms with Crippen LogP contribution in [0, 0.1) is 5.92 Å².